The maximum atomic E-state index is 12.6. The maximum absolute atomic E-state index is 12.6. The summed E-state index contributed by atoms with van der Waals surface area (Å²) in [5.74, 6) is 0. The van der Waals surface area contributed by atoms with E-state index in [0.717, 1.165) is 6.08 Å². The van der Waals surface area contributed by atoms with Gasteiger partial charge in [0.1, 0.15) is 5.71 Å². The normalized spacial score (nSPS) is 17.9. The molecule has 0 aliphatic heterocycles. The summed E-state index contributed by atoms with van der Waals surface area (Å²) < 4.78 is 57.4. The smallest absolute Gasteiger partial charge is 0.199 e. The van der Waals surface area contributed by atoms with Crippen LogP contribution in [0.15, 0.2) is 88.3 Å². The number of sulfonamides is 2. The lowest BCUT2D eigenvalue weighted by atomic mass is 10.1. The second-order valence-corrected chi connectivity index (χ2v) is 11.1. The zero-order valence-electron chi connectivity index (χ0n) is 14.9. The Kier molecular flexibility index (Phi) is 7.22. The van der Waals surface area contributed by atoms with E-state index in [1.807, 2.05) is 0 Å². The van der Waals surface area contributed by atoms with Crippen LogP contribution in [0, 0.1) is 0 Å². The van der Waals surface area contributed by atoms with Crippen molar-refractivity contribution in [1.82, 2.24) is 0 Å². The second-order valence-electron chi connectivity index (χ2n) is 5.89. The lowest BCUT2D eigenvalue weighted by molar-refractivity contribution is 0.596. The molecule has 0 N–H and O–H groups in total. The number of nitrogens with zero attached hydrogens (tertiary/aromatic N) is 2. The lowest BCUT2D eigenvalue weighted by Crippen LogP contribution is -2.16. The summed E-state index contributed by atoms with van der Waals surface area (Å²) in [7, 11) is -8.39. The molecule has 6 nitrogen and oxygen atoms in total. The highest BCUT2D eigenvalue weighted by Crippen LogP contribution is 2.31. The van der Waals surface area contributed by atoms with Gasteiger partial charge in [-0.25, -0.2) is 0 Å². The fourth-order valence-electron chi connectivity index (χ4n) is 2.29. The van der Waals surface area contributed by atoms with E-state index in [9.17, 15) is 16.8 Å². The van der Waals surface area contributed by atoms with Crippen molar-refractivity contribution in [2.24, 2.45) is 8.80 Å². The Morgan fingerprint density at radius 2 is 1.00 bits per heavy atom. The molecule has 2 aromatic carbocycles. The monoisotopic (exact) mass is 556 g/mol. The molecule has 31 heavy (non-hydrogen) atoms. The molecule has 0 saturated heterocycles. The summed E-state index contributed by atoms with van der Waals surface area (Å²) in [5, 5.41) is -0.302. The van der Waals surface area contributed by atoms with Crippen LogP contribution in [0.25, 0.3) is 0 Å². The third-order valence-corrected chi connectivity index (χ3v) is 8.00. The molecule has 0 spiro atoms. The molecule has 2 aromatic rings. The predicted octanol–water partition coefficient (Wildman–Crippen LogP) is 5.78. The summed E-state index contributed by atoms with van der Waals surface area (Å²) >= 11 is 29.9. The van der Waals surface area contributed by atoms with Crippen molar-refractivity contribution in [1.29, 1.82) is 0 Å². The molecule has 162 valence electrons. The average molecular weight is 559 g/mol. The first-order valence-corrected chi connectivity index (χ1v) is 12.8. The van der Waals surface area contributed by atoms with Crippen LogP contribution < -0.4 is 0 Å². The minimum Gasteiger partial charge on any atom is -0.199 e. The Balaban J connectivity index is 2.04. The van der Waals surface area contributed by atoms with Crippen LogP contribution in [0.3, 0.4) is 0 Å². The van der Waals surface area contributed by atoms with Crippen molar-refractivity contribution in [3.63, 3.8) is 0 Å². The molecule has 3 rings (SSSR count). The first-order valence-electron chi connectivity index (χ1n) is 8.05. The Morgan fingerprint density at radius 1 is 0.581 bits per heavy atom. The summed E-state index contributed by atoms with van der Waals surface area (Å²) in [6.07, 6.45) is 1.06. The van der Waals surface area contributed by atoms with Gasteiger partial charge in [-0.15, -0.1) is 0 Å². The van der Waals surface area contributed by atoms with Crippen molar-refractivity contribution in [3.8, 4) is 0 Å². The highest BCUT2D eigenvalue weighted by atomic mass is 35.5. The van der Waals surface area contributed by atoms with Crippen molar-refractivity contribution in [2.75, 3.05) is 0 Å². The van der Waals surface area contributed by atoms with Gasteiger partial charge in [0, 0.05) is 10.0 Å². The molecule has 13 heteroatoms. The van der Waals surface area contributed by atoms with Crippen molar-refractivity contribution in [2.45, 2.75) is 9.79 Å². The van der Waals surface area contributed by atoms with Crippen LogP contribution in [0.1, 0.15) is 0 Å². The standard InChI is InChI=1S/C18H9Cl5N2O4S2/c19-10-1-5-12(6-2-10)30(26,27)24-15-9-14(21)18(17(23)16(15)22)25-31(28,29)13-7-3-11(20)4-8-13/h1-9H. The average Bonchev–Trinajstić information content (AvgIpc) is 2.70. The van der Waals surface area contributed by atoms with Crippen molar-refractivity contribution >= 4 is 89.5 Å². The van der Waals surface area contributed by atoms with Crippen LogP contribution in [-0.2, 0) is 20.0 Å². The Hall–Kier alpha value is -1.39. The van der Waals surface area contributed by atoms with E-state index in [-0.39, 0.29) is 36.3 Å². The van der Waals surface area contributed by atoms with Crippen molar-refractivity contribution < 1.29 is 16.8 Å². The molecule has 0 unspecified atom stereocenters. The molecule has 1 aliphatic rings. The minimum atomic E-state index is -4.21. The van der Waals surface area contributed by atoms with Gasteiger partial charge in [-0.3, -0.25) is 0 Å². The van der Waals surface area contributed by atoms with Gasteiger partial charge in [0.2, 0.25) is 0 Å². The number of rotatable bonds is 4. The van der Waals surface area contributed by atoms with Gasteiger partial charge in [0.05, 0.1) is 30.6 Å². The fraction of sp³-hybridized carbons (Fsp3) is 0. The van der Waals surface area contributed by atoms with Crippen LogP contribution in [0.4, 0.5) is 0 Å². The lowest BCUT2D eigenvalue weighted by Gasteiger charge is -2.14. The van der Waals surface area contributed by atoms with Crippen LogP contribution in [0.5, 0.6) is 0 Å². The molecule has 0 heterocycles. The quantitative estimate of drug-likeness (QED) is 0.445. The molecule has 0 aromatic heterocycles. The van der Waals surface area contributed by atoms with Gasteiger partial charge in [-0.2, -0.15) is 25.6 Å². The molecule has 0 radical (unpaired) electrons. The topological polar surface area (TPSA) is 93.0 Å². The van der Waals surface area contributed by atoms with Crippen molar-refractivity contribution in [3.05, 3.63) is 79.7 Å². The van der Waals surface area contributed by atoms with E-state index in [0.29, 0.717) is 10.0 Å². The van der Waals surface area contributed by atoms with E-state index >= 15 is 0 Å². The summed E-state index contributed by atoms with van der Waals surface area (Å²) in [4.78, 5) is -0.293. The van der Waals surface area contributed by atoms with E-state index in [4.69, 9.17) is 58.0 Å². The summed E-state index contributed by atoms with van der Waals surface area (Å²) in [6.45, 7) is 0. The Bertz CT molecular complexity index is 1380. The zero-order valence-corrected chi connectivity index (χ0v) is 20.3. The largest absolute Gasteiger partial charge is 0.282 e. The SMILES string of the molecule is O=S(=O)(N=C1C=C(Cl)C(=NS(=O)(=O)c2ccc(Cl)cc2)C(Cl)=C1Cl)c1ccc(Cl)cc1. The van der Waals surface area contributed by atoms with Crippen LogP contribution in [0.2, 0.25) is 10.0 Å². The van der Waals surface area contributed by atoms with Gasteiger partial charge in [0.25, 0.3) is 20.0 Å². The molecule has 0 fully saturated rings. The van der Waals surface area contributed by atoms with Gasteiger partial charge in [0.15, 0.2) is 0 Å². The van der Waals surface area contributed by atoms with E-state index < -0.39 is 20.0 Å². The van der Waals surface area contributed by atoms with E-state index in [1.54, 1.807) is 0 Å². The number of allylic oxidation sites excluding steroid dienone is 4. The summed E-state index contributed by atoms with van der Waals surface area (Å²) in [5.41, 5.74) is -0.638. The van der Waals surface area contributed by atoms with Gasteiger partial charge in [-0.1, -0.05) is 58.0 Å². The fourth-order valence-corrected chi connectivity index (χ4v) is 5.41. The number of benzene rings is 2. The zero-order chi connectivity index (χ0) is 23.0. The highest BCUT2D eigenvalue weighted by Gasteiger charge is 2.27. The first-order chi connectivity index (χ1) is 14.4. The van der Waals surface area contributed by atoms with Gasteiger partial charge >= 0.3 is 0 Å². The Labute approximate surface area is 203 Å². The van der Waals surface area contributed by atoms with Crippen LogP contribution >= 0.6 is 58.0 Å². The molecule has 0 amide bonds. The van der Waals surface area contributed by atoms with Gasteiger partial charge < -0.3 is 0 Å². The second kappa shape index (κ2) is 9.23. The Morgan fingerprint density at radius 3 is 1.45 bits per heavy atom. The molecular formula is C18H9Cl5N2O4S2. The highest BCUT2D eigenvalue weighted by molar-refractivity contribution is 7.90. The molecule has 0 atom stereocenters. The third-order valence-electron chi connectivity index (χ3n) is 3.77. The summed E-state index contributed by atoms with van der Waals surface area (Å²) in [6, 6.07) is 10.6. The van der Waals surface area contributed by atoms with Gasteiger partial charge in [-0.05, 0) is 54.6 Å². The molecule has 0 saturated carbocycles. The number of halogens is 5. The molecular weight excluding hydrogens is 550 g/mol. The van der Waals surface area contributed by atoms with E-state index in [1.165, 1.54) is 48.5 Å². The molecule has 0 bridgehead atoms. The number of hydrogen-bond acceptors (Lipinski definition) is 4. The van der Waals surface area contributed by atoms with E-state index in [2.05, 4.69) is 8.80 Å². The number of hydrogen-bond donors (Lipinski definition) is 0. The third kappa shape index (κ3) is 5.51. The predicted molar refractivity (Wildman–Crippen MR) is 125 cm³/mol. The van der Waals surface area contributed by atoms with Crippen LogP contribution in [-0.4, -0.2) is 28.3 Å². The first kappa shape index (κ1) is 24.3. The minimum absolute atomic E-state index is 0.140. The molecule has 1 aliphatic carbocycles. The maximum Gasteiger partial charge on any atom is 0.282 e.